The predicted octanol–water partition coefficient (Wildman–Crippen LogP) is 2.16. The first-order valence-corrected chi connectivity index (χ1v) is 7.30. The van der Waals surface area contributed by atoms with Gasteiger partial charge in [-0.05, 0) is 18.4 Å². The molecular weight excluding hydrogens is 274 g/mol. The molecule has 3 rings (SSSR count). The van der Waals surface area contributed by atoms with Gasteiger partial charge in [-0.25, -0.2) is 4.98 Å². The molecule has 0 amide bonds. The molecule has 1 fully saturated rings. The van der Waals surface area contributed by atoms with E-state index in [-0.39, 0.29) is 0 Å². The summed E-state index contributed by atoms with van der Waals surface area (Å²) in [6, 6.07) is 9.53. The first-order chi connectivity index (χ1) is 9.72. The van der Waals surface area contributed by atoms with Crippen LogP contribution in [0.2, 0.25) is 0 Å². The van der Waals surface area contributed by atoms with Gasteiger partial charge in [-0.1, -0.05) is 30.3 Å². The van der Waals surface area contributed by atoms with Gasteiger partial charge < -0.3 is 10.0 Å². The highest BCUT2D eigenvalue weighted by molar-refractivity contribution is 7.09. The molecule has 1 aliphatic heterocycles. The molecule has 5 nitrogen and oxygen atoms in total. The maximum Gasteiger partial charge on any atom is 0.314 e. The van der Waals surface area contributed by atoms with Crippen molar-refractivity contribution in [2.45, 2.75) is 18.3 Å². The van der Waals surface area contributed by atoms with Crippen molar-refractivity contribution in [3.63, 3.8) is 0 Å². The zero-order valence-electron chi connectivity index (χ0n) is 10.9. The van der Waals surface area contributed by atoms with Gasteiger partial charge in [0.1, 0.15) is 6.33 Å². The Morgan fingerprint density at radius 1 is 1.25 bits per heavy atom. The van der Waals surface area contributed by atoms with Crippen molar-refractivity contribution in [3.05, 3.63) is 42.2 Å². The largest absolute Gasteiger partial charge is 0.481 e. The maximum atomic E-state index is 11.8. The Balaban J connectivity index is 1.84. The number of aliphatic carboxylic acids is 1. The summed E-state index contributed by atoms with van der Waals surface area (Å²) >= 11 is 1.35. The van der Waals surface area contributed by atoms with Gasteiger partial charge in [-0.2, -0.15) is 4.37 Å². The topological polar surface area (TPSA) is 66.3 Å². The smallest absolute Gasteiger partial charge is 0.314 e. The van der Waals surface area contributed by atoms with Gasteiger partial charge in [-0.3, -0.25) is 4.79 Å². The molecule has 104 valence electrons. The predicted molar refractivity (Wildman–Crippen MR) is 77.1 cm³/mol. The van der Waals surface area contributed by atoms with Crippen LogP contribution in [0.4, 0.5) is 5.13 Å². The molecule has 1 saturated heterocycles. The summed E-state index contributed by atoms with van der Waals surface area (Å²) in [6.07, 6.45) is 2.72. The van der Waals surface area contributed by atoms with Gasteiger partial charge in [0.05, 0.1) is 5.41 Å². The van der Waals surface area contributed by atoms with Crippen molar-refractivity contribution in [2.75, 3.05) is 18.0 Å². The van der Waals surface area contributed by atoms with Crippen LogP contribution in [0, 0.1) is 0 Å². The molecule has 0 aliphatic carbocycles. The van der Waals surface area contributed by atoms with Crippen molar-refractivity contribution in [3.8, 4) is 0 Å². The number of nitrogens with zero attached hydrogens (tertiary/aromatic N) is 3. The number of carboxylic acids is 1. The first kappa shape index (κ1) is 13.1. The summed E-state index contributed by atoms with van der Waals surface area (Å²) in [6.45, 7) is 1.38. The van der Waals surface area contributed by atoms with E-state index in [1.807, 2.05) is 30.3 Å². The number of anilines is 1. The van der Waals surface area contributed by atoms with Gasteiger partial charge in [-0.15, -0.1) is 0 Å². The molecule has 20 heavy (non-hydrogen) atoms. The number of hydrogen-bond donors (Lipinski definition) is 1. The van der Waals surface area contributed by atoms with Crippen molar-refractivity contribution >= 4 is 22.6 Å². The van der Waals surface area contributed by atoms with Gasteiger partial charge in [0, 0.05) is 24.6 Å². The number of aromatic nitrogens is 2. The Hall–Kier alpha value is -1.95. The number of benzene rings is 1. The van der Waals surface area contributed by atoms with E-state index in [1.165, 1.54) is 17.9 Å². The minimum atomic E-state index is -0.775. The molecule has 1 aromatic heterocycles. The second kappa shape index (κ2) is 5.20. The Bertz CT molecular complexity index is 578. The van der Waals surface area contributed by atoms with Gasteiger partial charge in [0.2, 0.25) is 5.13 Å². The fourth-order valence-corrected chi connectivity index (χ4v) is 3.35. The van der Waals surface area contributed by atoms with Crippen LogP contribution < -0.4 is 4.90 Å². The summed E-state index contributed by atoms with van der Waals surface area (Å²) in [7, 11) is 0. The van der Waals surface area contributed by atoms with Gasteiger partial charge in [0.25, 0.3) is 0 Å². The van der Waals surface area contributed by atoms with Crippen LogP contribution >= 0.6 is 11.5 Å². The zero-order chi connectivity index (χ0) is 14.0. The van der Waals surface area contributed by atoms with Crippen LogP contribution in [0.15, 0.2) is 36.7 Å². The van der Waals surface area contributed by atoms with E-state index >= 15 is 0 Å². The Kier molecular flexibility index (Phi) is 3.40. The molecule has 1 aromatic carbocycles. The molecule has 6 heteroatoms. The summed E-state index contributed by atoms with van der Waals surface area (Å²) in [4.78, 5) is 18.1. The number of carbonyl (C=O) groups is 1. The Morgan fingerprint density at radius 2 is 1.95 bits per heavy atom. The Morgan fingerprint density at radius 3 is 2.50 bits per heavy atom. The lowest BCUT2D eigenvalue weighted by atomic mass is 9.73. The number of carboxylic acid groups (broad SMARTS) is 1. The van der Waals surface area contributed by atoms with Gasteiger partial charge >= 0.3 is 5.97 Å². The molecule has 1 aliphatic rings. The van der Waals surface area contributed by atoms with Gasteiger partial charge in [0.15, 0.2) is 0 Å². The highest BCUT2D eigenvalue weighted by Gasteiger charge is 2.43. The monoisotopic (exact) mass is 289 g/mol. The molecule has 2 heterocycles. The fourth-order valence-electron chi connectivity index (χ4n) is 2.77. The summed E-state index contributed by atoms with van der Waals surface area (Å²) in [5, 5.41) is 10.6. The van der Waals surface area contributed by atoms with E-state index in [4.69, 9.17) is 0 Å². The van der Waals surface area contributed by atoms with E-state index in [1.54, 1.807) is 0 Å². The van der Waals surface area contributed by atoms with E-state index < -0.39 is 11.4 Å². The second-order valence-corrected chi connectivity index (χ2v) is 5.72. The molecule has 2 aromatic rings. The third-order valence-electron chi connectivity index (χ3n) is 3.97. The lowest BCUT2D eigenvalue weighted by Crippen LogP contribution is -2.47. The van der Waals surface area contributed by atoms with Crippen LogP contribution in [-0.4, -0.2) is 33.5 Å². The molecular formula is C14H15N3O2S. The molecule has 1 N–H and O–H groups in total. The third-order valence-corrected chi connectivity index (χ3v) is 4.70. The average Bonchev–Trinajstić information content (AvgIpc) is 3.02. The number of piperidine rings is 1. The zero-order valence-corrected chi connectivity index (χ0v) is 11.7. The fraction of sp³-hybridized carbons (Fsp3) is 0.357. The summed E-state index contributed by atoms with van der Waals surface area (Å²) in [5.41, 5.74) is 0.118. The lowest BCUT2D eigenvalue weighted by Gasteiger charge is -2.39. The number of rotatable bonds is 3. The Labute approximate surface area is 121 Å². The molecule has 0 spiro atoms. The van der Waals surface area contributed by atoms with Crippen molar-refractivity contribution < 1.29 is 9.90 Å². The minimum Gasteiger partial charge on any atom is -0.481 e. The van der Waals surface area contributed by atoms with Crippen LogP contribution in [0.1, 0.15) is 18.4 Å². The van der Waals surface area contributed by atoms with E-state index in [0.717, 1.165) is 10.7 Å². The van der Waals surface area contributed by atoms with E-state index in [0.29, 0.717) is 25.9 Å². The first-order valence-electron chi connectivity index (χ1n) is 6.53. The molecule has 0 unspecified atom stereocenters. The molecule has 0 atom stereocenters. The summed E-state index contributed by atoms with van der Waals surface area (Å²) in [5.74, 6) is -0.736. The molecule has 0 saturated carbocycles. The van der Waals surface area contributed by atoms with Crippen molar-refractivity contribution in [1.29, 1.82) is 0 Å². The highest BCUT2D eigenvalue weighted by Crippen LogP contribution is 2.37. The normalized spacial score (nSPS) is 17.9. The van der Waals surface area contributed by atoms with Crippen LogP contribution in [-0.2, 0) is 10.2 Å². The van der Waals surface area contributed by atoms with Crippen molar-refractivity contribution in [1.82, 2.24) is 9.36 Å². The van der Waals surface area contributed by atoms with Crippen LogP contribution in [0.5, 0.6) is 0 Å². The molecule has 0 bridgehead atoms. The number of hydrogen-bond acceptors (Lipinski definition) is 5. The standard InChI is InChI=1S/C14H15N3O2S/c18-12(19)14(11-4-2-1-3-5-11)6-8-17(9-7-14)13-15-10-16-20-13/h1-5,10H,6-9H2,(H,18,19). The average molecular weight is 289 g/mol. The van der Waals surface area contributed by atoms with Crippen LogP contribution in [0.25, 0.3) is 0 Å². The summed E-state index contributed by atoms with van der Waals surface area (Å²) < 4.78 is 4.00. The van der Waals surface area contributed by atoms with Crippen LogP contribution in [0.3, 0.4) is 0 Å². The SMILES string of the molecule is O=C(O)C1(c2ccccc2)CCN(c2ncns2)CC1. The lowest BCUT2D eigenvalue weighted by molar-refractivity contribution is -0.144. The minimum absolute atomic E-state index is 0.589. The molecule has 0 radical (unpaired) electrons. The maximum absolute atomic E-state index is 11.8. The van der Waals surface area contributed by atoms with Crippen molar-refractivity contribution in [2.24, 2.45) is 0 Å². The quantitative estimate of drug-likeness (QED) is 0.938. The second-order valence-electron chi connectivity index (χ2n) is 4.96. The highest BCUT2D eigenvalue weighted by atomic mass is 32.1. The van der Waals surface area contributed by atoms with E-state index in [9.17, 15) is 9.90 Å². The third kappa shape index (κ3) is 2.16. The van der Waals surface area contributed by atoms with E-state index in [2.05, 4.69) is 14.3 Å².